The lowest BCUT2D eigenvalue weighted by Gasteiger charge is -2.29. The lowest BCUT2D eigenvalue weighted by molar-refractivity contribution is 0.263. The maximum absolute atomic E-state index is 6.13. The average molecular weight is 338 g/mol. The third kappa shape index (κ3) is 3.12. The van der Waals surface area contributed by atoms with Crippen LogP contribution in [0.4, 0.5) is 11.8 Å². The van der Waals surface area contributed by atoms with Gasteiger partial charge in [-0.3, -0.25) is 0 Å². The molecule has 1 saturated heterocycles. The molecule has 3 aromatic heterocycles. The Balaban J connectivity index is 1.66. The standard InChI is InChI=1S/C17H22N8/c1-24-7-5-11(6-8-24)20-17-22-15(18)12-3-4-13(21-16(12)23-17)14-9-19-10-25(14)2/h3-4,9-11H,5-8H2,1-2H3,(H3,18,20,21,22,23). The summed E-state index contributed by atoms with van der Waals surface area (Å²) < 4.78 is 1.93. The van der Waals surface area contributed by atoms with E-state index in [1.165, 1.54) is 0 Å². The number of nitrogens with zero attached hydrogens (tertiary/aromatic N) is 6. The molecule has 130 valence electrons. The van der Waals surface area contributed by atoms with Crippen molar-refractivity contribution in [2.24, 2.45) is 7.05 Å². The van der Waals surface area contributed by atoms with Gasteiger partial charge in [-0.05, 0) is 45.1 Å². The van der Waals surface area contributed by atoms with Crippen LogP contribution >= 0.6 is 0 Å². The molecule has 1 aliphatic heterocycles. The van der Waals surface area contributed by atoms with Gasteiger partial charge in [0.2, 0.25) is 5.95 Å². The van der Waals surface area contributed by atoms with Crippen molar-refractivity contribution >= 4 is 22.8 Å². The maximum atomic E-state index is 6.13. The van der Waals surface area contributed by atoms with Crippen molar-refractivity contribution < 1.29 is 0 Å². The summed E-state index contributed by atoms with van der Waals surface area (Å²) in [5, 5.41) is 4.18. The Morgan fingerprint density at radius 2 is 1.92 bits per heavy atom. The molecule has 3 N–H and O–H groups in total. The molecule has 4 rings (SSSR count). The van der Waals surface area contributed by atoms with E-state index in [1.54, 1.807) is 12.5 Å². The molecule has 0 aromatic carbocycles. The van der Waals surface area contributed by atoms with E-state index >= 15 is 0 Å². The second-order valence-corrected chi connectivity index (χ2v) is 6.61. The van der Waals surface area contributed by atoms with Crippen LogP contribution in [0.25, 0.3) is 22.4 Å². The molecule has 0 spiro atoms. The van der Waals surface area contributed by atoms with Crippen LogP contribution in [-0.4, -0.2) is 55.6 Å². The number of hydrogen-bond donors (Lipinski definition) is 2. The van der Waals surface area contributed by atoms with Gasteiger partial charge in [0.25, 0.3) is 0 Å². The van der Waals surface area contributed by atoms with E-state index in [4.69, 9.17) is 5.73 Å². The van der Waals surface area contributed by atoms with E-state index in [-0.39, 0.29) is 0 Å². The minimum Gasteiger partial charge on any atom is -0.383 e. The van der Waals surface area contributed by atoms with Gasteiger partial charge in [-0.25, -0.2) is 9.97 Å². The van der Waals surface area contributed by atoms with E-state index in [0.29, 0.717) is 23.5 Å². The number of hydrogen-bond acceptors (Lipinski definition) is 7. The molecule has 8 heteroatoms. The number of fused-ring (bicyclic) bond motifs is 1. The van der Waals surface area contributed by atoms with Crippen molar-refractivity contribution in [1.29, 1.82) is 0 Å². The smallest absolute Gasteiger partial charge is 0.226 e. The summed E-state index contributed by atoms with van der Waals surface area (Å²) >= 11 is 0. The number of piperidine rings is 1. The molecule has 1 aliphatic rings. The zero-order valence-corrected chi connectivity index (χ0v) is 14.5. The van der Waals surface area contributed by atoms with Gasteiger partial charge in [-0.2, -0.15) is 9.97 Å². The number of nitrogen functional groups attached to an aromatic ring is 1. The van der Waals surface area contributed by atoms with Crippen LogP contribution in [0, 0.1) is 0 Å². The first-order chi connectivity index (χ1) is 12.1. The monoisotopic (exact) mass is 338 g/mol. The third-order valence-corrected chi connectivity index (χ3v) is 4.72. The average Bonchev–Trinajstić information content (AvgIpc) is 3.02. The van der Waals surface area contributed by atoms with Crippen LogP contribution in [0.15, 0.2) is 24.7 Å². The molecule has 0 unspecified atom stereocenters. The van der Waals surface area contributed by atoms with Crippen LogP contribution < -0.4 is 11.1 Å². The Kier molecular flexibility index (Phi) is 3.96. The van der Waals surface area contributed by atoms with Crippen LogP contribution in [0.1, 0.15) is 12.8 Å². The number of anilines is 2. The first-order valence-electron chi connectivity index (χ1n) is 8.46. The van der Waals surface area contributed by atoms with E-state index in [9.17, 15) is 0 Å². The molecule has 25 heavy (non-hydrogen) atoms. The molecule has 0 atom stereocenters. The number of nitrogens with two attached hydrogens (primary N) is 1. The summed E-state index contributed by atoms with van der Waals surface area (Å²) in [6, 6.07) is 4.20. The molecule has 0 aliphatic carbocycles. The number of aromatic nitrogens is 5. The van der Waals surface area contributed by atoms with Gasteiger partial charge >= 0.3 is 0 Å². The van der Waals surface area contributed by atoms with Gasteiger partial charge < -0.3 is 20.5 Å². The number of pyridine rings is 1. The molecule has 0 saturated carbocycles. The molecule has 0 bridgehead atoms. The Bertz CT molecular complexity index is 895. The normalized spacial score (nSPS) is 16.4. The van der Waals surface area contributed by atoms with Gasteiger partial charge in [0.05, 0.1) is 29.3 Å². The quantitative estimate of drug-likeness (QED) is 0.747. The SMILES string of the molecule is CN1CCC(Nc2nc(N)c3ccc(-c4cncn4C)nc3n2)CC1. The molecular formula is C17H22N8. The van der Waals surface area contributed by atoms with Crippen molar-refractivity contribution in [2.75, 3.05) is 31.2 Å². The highest BCUT2D eigenvalue weighted by atomic mass is 15.2. The molecule has 8 nitrogen and oxygen atoms in total. The Morgan fingerprint density at radius 1 is 1.12 bits per heavy atom. The van der Waals surface area contributed by atoms with Gasteiger partial charge in [0.1, 0.15) is 5.82 Å². The van der Waals surface area contributed by atoms with Crippen molar-refractivity contribution in [3.8, 4) is 11.4 Å². The van der Waals surface area contributed by atoms with E-state index in [1.807, 2.05) is 23.7 Å². The highest BCUT2D eigenvalue weighted by Gasteiger charge is 2.18. The second-order valence-electron chi connectivity index (χ2n) is 6.61. The third-order valence-electron chi connectivity index (χ3n) is 4.72. The predicted octanol–water partition coefficient (Wildman–Crippen LogP) is 1.51. The summed E-state index contributed by atoms with van der Waals surface area (Å²) in [6.07, 6.45) is 5.68. The van der Waals surface area contributed by atoms with E-state index in [2.05, 4.69) is 37.2 Å². The van der Waals surface area contributed by atoms with Gasteiger partial charge in [-0.15, -0.1) is 0 Å². The van der Waals surface area contributed by atoms with Crippen molar-refractivity contribution in [3.05, 3.63) is 24.7 Å². The summed E-state index contributed by atoms with van der Waals surface area (Å²) in [5.41, 5.74) is 8.47. The minimum atomic E-state index is 0.369. The van der Waals surface area contributed by atoms with Gasteiger partial charge in [-0.1, -0.05) is 0 Å². The highest BCUT2D eigenvalue weighted by molar-refractivity contribution is 5.87. The van der Waals surface area contributed by atoms with Crippen LogP contribution in [0.3, 0.4) is 0 Å². The fourth-order valence-electron chi connectivity index (χ4n) is 3.18. The molecule has 0 amide bonds. The van der Waals surface area contributed by atoms with Crippen LogP contribution in [0.5, 0.6) is 0 Å². The largest absolute Gasteiger partial charge is 0.383 e. The van der Waals surface area contributed by atoms with Crippen molar-refractivity contribution in [1.82, 2.24) is 29.4 Å². The number of likely N-dealkylation sites (tertiary alicyclic amines) is 1. The van der Waals surface area contributed by atoms with Crippen molar-refractivity contribution in [2.45, 2.75) is 18.9 Å². The van der Waals surface area contributed by atoms with E-state index < -0.39 is 0 Å². The van der Waals surface area contributed by atoms with Gasteiger partial charge in [0, 0.05) is 13.1 Å². The topological polar surface area (TPSA) is 97.8 Å². The van der Waals surface area contributed by atoms with Crippen LogP contribution in [-0.2, 0) is 7.05 Å². The number of aryl methyl sites for hydroxylation is 1. The first kappa shape index (κ1) is 15.8. The molecular weight excluding hydrogens is 316 g/mol. The fourth-order valence-corrected chi connectivity index (χ4v) is 3.18. The predicted molar refractivity (Wildman–Crippen MR) is 98.1 cm³/mol. The van der Waals surface area contributed by atoms with Crippen molar-refractivity contribution in [3.63, 3.8) is 0 Å². The number of imidazole rings is 1. The van der Waals surface area contributed by atoms with Crippen LogP contribution in [0.2, 0.25) is 0 Å². The maximum Gasteiger partial charge on any atom is 0.226 e. The summed E-state index contributed by atoms with van der Waals surface area (Å²) in [6.45, 7) is 2.15. The minimum absolute atomic E-state index is 0.369. The first-order valence-corrected chi connectivity index (χ1v) is 8.46. The zero-order valence-electron chi connectivity index (χ0n) is 14.5. The Morgan fingerprint density at radius 3 is 2.64 bits per heavy atom. The summed E-state index contributed by atoms with van der Waals surface area (Å²) in [5.74, 6) is 0.999. The Labute approximate surface area is 146 Å². The molecule has 4 heterocycles. The second kappa shape index (κ2) is 6.29. The number of nitrogens with one attached hydrogen (secondary N) is 1. The lowest BCUT2D eigenvalue weighted by Crippen LogP contribution is -2.37. The molecule has 0 radical (unpaired) electrons. The summed E-state index contributed by atoms with van der Waals surface area (Å²) in [7, 11) is 4.08. The Hall–Kier alpha value is -2.74. The van der Waals surface area contributed by atoms with Gasteiger partial charge in [0.15, 0.2) is 5.65 Å². The zero-order chi connectivity index (χ0) is 17.4. The summed E-state index contributed by atoms with van der Waals surface area (Å²) in [4.78, 5) is 20.1. The molecule has 3 aromatic rings. The lowest BCUT2D eigenvalue weighted by atomic mass is 10.1. The molecule has 1 fully saturated rings. The van der Waals surface area contributed by atoms with E-state index in [0.717, 1.165) is 42.7 Å². The fraction of sp³-hybridized carbons (Fsp3) is 0.412. The number of rotatable bonds is 3. The highest BCUT2D eigenvalue weighted by Crippen LogP contribution is 2.24.